The summed E-state index contributed by atoms with van der Waals surface area (Å²) in [6.07, 6.45) is 1.29. The van der Waals surface area contributed by atoms with E-state index in [2.05, 4.69) is 20.2 Å². The molecule has 0 aromatic carbocycles. The van der Waals surface area contributed by atoms with Gasteiger partial charge in [0.05, 0.1) is 6.33 Å². The normalized spacial score (nSPS) is 10.3. The summed E-state index contributed by atoms with van der Waals surface area (Å²) in [6.45, 7) is 1.86. The van der Waals surface area contributed by atoms with E-state index in [0.29, 0.717) is 9.45 Å². The van der Waals surface area contributed by atoms with Gasteiger partial charge in [-0.1, -0.05) is 0 Å². The summed E-state index contributed by atoms with van der Waals surface area (Å²) in [7, 11) is 0. The monoisotopic (exact) mass is 318 g/mol. The van der Waals surface area contributed by atoms with Gasteiger partial charge in [-0.25, -0.2) is 4.98 Å². The van der Waals surface area contributed by atoms with Crippen LogP contribution < -0.4 is 10.3 Å². The van der Waals surface area contributed by atoms with Crippen molar-refractivity contribution in [3.05, 3.63) is 32.0 Å². The van der Waals surface area contributed by atoms with Gasteiger partial charge in [-0.05, 0) is 29.5 Å². The molecule has 0 saturated heterocycles. The molecule has 0 unspecified atom stereocenters. The highest BCUT2D eigenvalue weighted by atomic mass is 127. The van der Waals surface area contributed by atoms with Gasteiger partial charge in [0.2, 0.25) is 11.8 Å². The van der Waals surface area contributed by atoms with E-state index in [-0.39, 0.29) is 11.4 Å². The number of nitrogens with one attached hydrogen (secondary N) is 2. The second-order valence-electron chi connectivity index (χ2n) is 2.84. The summed E-state index contributed by atoms with van der Waals surface area (Å²) in [5.74, 6) is 0.648. The van der Waals surface area contributed by atoms with E-state index < -0.39 is 0 Å². The van der Waals surface area contributed by atoms with Gasteiger partial charge in [0.15, 0.2) is 0 Å². The second kappa shape index (κ2) is 4.01. The van der Waals surface area contributed by atoms with Crippen molar-refractivity contribution in [1.29, 1.82) is 0 Å². The third kappa shape index (κ3) is 2.17. The van der Waals surface area contributed by atoms with E-state index in [0.717, 1.165) is 5.69 Å². The average molecular weight is 318 g/mol. The first kappa shape index (κ1) is 10.1. The highest BCUT2D eigenvalue weighted by Crippen LogP contribution is 2.19. The van der Waals surface area contributed by atoms with Crippen LogP contribution in [0.3, 0.4) is 0 Å². The average Bonchev–Trinajstić information content (AvgIpc) is 2.59. The van der Waals surface area contributed by atoms with E-state index in [9.17, 15) is 4.79 Å². The molecule has 78 valence electrons. The lowest BCUT2D eigenvalue weighted by atomic mass is 10.5. The minimum Gasteiger partial charge on any atom is -0.418 e. The molecular formula is C8H7IN4O2. The number of hydrogen-bond donors (Lipinski definition) is 2. The van der Waals surface area contributed by atoms with Crippen molar-refractivity contribution in [3.8, 4) is 11.8 Å². The van der Waals surface area contributed by atoms with Gasteiger partial charge in [0, 0.05) is 11.8 Å². The lowest BCUT2D eigenvalue weighted by molar-refractivity contribution is 0.437. The van der Waals surface area contributed by atoms with Gasteiger partial charge in [-0.2, -0.15) is 0 Å². The Morgan fingerprint density at radius 3 is 3.00 bits per heavy atom. The zero-order valence-electron chi connectivity index (χ0n) is 7.74. The van der Waals surface area contributed by atoms with Crippen LogP contribution in [0.4, 0.5) is 0 Å². The van der Waals surface area contributed by atoms with Crippen molar-refractivity contribution in [3.63, 3.8) is 0 Å². The Morgan fingerprint density at radius 1 is 1.53 bits per heavy atom. The number of hydrogen-bond acceptors (Lipinski definition) is 4. The maximum atomic E-state index is 11.2. The smallest absolute Gasteiger partial charge is 0.268 e. The van der Waals surface area contributed by atoms with Crippen LogP contribution in [-0.2, 0) is 0 Å². The van der Waals surface area contributed by atoms with Gasteiger partial charge in [0.25, 0.3) is 5.56 Å². The minimum absolute atomic E-state index is 0.229. The highest BCUT2D eigenvalue weighted by molar-refractivity contribution is 14.1. The third-order valence-corrected chi connectivity index (χ3v) is 2.60. The first-order chi connectivity index (χ1) is 7.16. The zero-order valence-corrected chi connectivity index (χ0v) is 9.90. The van der Waals surface area contributed by atoms with Gasteiger partial charge in [0.1, 0.15) is 3.57 Å². The molecule has 0 atom stereocenters. The van der Waals surface area contributed by atoms with Crippen molar-refractivity contribution in [2.24, 2.45) is 0 Å². The Labute approximate surface area is 98.2 Å². The fourth-order valence-corrected chi connectivity index (χ4v) is 1.39. The maximum absolute atomic E-state index is 11.2. The molecule has 0 amide bonds. The lowest BCUT2D eigenvalue weighted by Crippen LogP contribution is -2.11. The number of rotatable bonds is 2. The molecule has 0 saturated carbocycles. The summed E-state index contributed by atoms with van der Waals surface area (Å²) >= 11 is 1.87. The molecule has 0 fully saturated rings. The van der Waals surface area contributed by atoms with Crippen LogP contribution in [-0.4, -0.2) is 20.2 Å². The summed E-state index contributed by atoms with van der Waals surface area (Å²) < 4.78 is 5.73. The molecule has 6 nitrogen and oxygen atoms in total. The molecule has 0 spiro atoms. The number of H-pyrrole nitrogens is 2. The Hall–Kier alpha value is -1.38. The Morgan fingerprint density at radius 2 is 2.33 bits per heavy atom. The van der Waals surface area contributed by atoms with Gasteiger partial charge >= 0.3 is 0 Å². The Bertz CT molecular complexity index is 533. The number of nitrogens with zero attached hydrogens (tertiary/aromatic N) is 2. The number of aromatic amines is 2. The molecule has 2 aromatic rings. The van der Waals surface area contributed by atoms with Gasteiger partial charge < -0.3 is 9.72 Å². The zero-order chi connectivity index (χ0) is 10.8. The molecule has 0 aliphatic rings. The second-order valence-corrected chi connectivity index (χ2v) is 3.92. The molecule has 2 rings (SSSR count). The molecule has 0 radical (unpaired) electrons. The molecule has 0 bridgehead atoms. The number of aromatic nitrogens is 4. The number of aryl methyl sites for hydroxylation is 1. The molecule has 2 N–H and O–H groups in total. The van der Waals surface area contributed by atoms with Crippen molar-refractivity contribution < 1.29 is 4.74 Å². The van der Waals surface area contributed by atoms with Gasteiger partial charge in [-0.15, -0.1) is 5.10 Å². The summed E-state index contributed by atoms with van der Waals surface area (Å²) in [5, 5.41) is 6.61. The fraction of sp³-hybridized carbons (Fsp3) is 0.125. The van der Waals surface area contributed by atoms with Gasteiger partial charge in [-0.3, -0.25) is 9.89 Å². The van der Waals surface area contributed by atoms with Crippen LogP contribution in [0.5, 0.6) is 11.8 Å². The van der Waals surface area contributed by atoms with Crippen LogP contribution in [0.2, 0.25) is 0 Å². The van der Waals surface area contributed by atoms with Crippen molar-refractivity contribution >= 4 is 22.6 Å². The van der Waals surface area contributed by atoms with Crippen molar-refractivity contribution in [2.45, 2.75) is 6.92 Å². The third-order valence-electron chi connectivity index (χ3n) is 1.65. The first-order valence-corrected chi connectivity index (χ1v) is 5.18. The summed E-state index contributed by atoms with van der Waals surface area (Å²) in [6, 6.07) is 1.72. The molecule has 2 heterocycles. The Kier molecular flexibility index (Phi) is 2.71. The molecule has 7 heteroatoms. The molecule has 0 aliphatic heterocycles. The van der Waals surface area contributed by atoms with E-state index >= 15 is 0 Å². The number of halogens is 1. The standard InChI is InChI=1S/C8H7IN4O2/c1-4-2-5(13-12-4)15-8-6(9)7(14)10-3-11-8/h2-3H,1H3,(H,12,13)(H,10,11,14). The molecule has 15 heavy (non-hydrogen) atoms. The van der Waals surface area contributed by atoms with Crippen LogP contribution in [0.15, 0.2) is 17.2 Å². The van der Waals surface area contributed by atoms with E-state index in [1.165, 1.54) is 6.33 Å². The van der Waals surface area contributed by atoms with Crippen molar-refractivity contribution in [2.75, 3.05) is 0 Å². The summed E-state index contributed by atoms with van der Waals surface area (Å²) in [5.41, 5.74) is 0.651. The van der Waals surface area contributed by atoms with E-state index in [1.807, 2.05) is 29.5 Å². The quantitative estimate of drug-likeness (QED) is 0.815. The highest BCUT2D eigenvalue weighted by Gasteiger charge is 2.08. The van der Waals surface area contributed by atoms with E-state index in [4.69, 9.17) is 4.74 Å². The SMILES string of the molecule is Cc1cc(Oc2nc[nH]c(=O)c2I)n[nH]1. The molecule has 0 aliphatic carbocycles. The maximum Gasteiger partial charge on any atom is 0.268 e. The van der Waals surface area contributed by atoms with Crippen LogP contribution in [0.1, 0.15) is 5.69 Å². The molecule has 2 aromatic heterocycles. The molecular weight excluding hydrogens is 311 g/mol. The summed E-state index contributed by atoms with van der Waals surface area (Å²) in [4.78, 5) is 17.6. The first-order valence-electron chi connectivity index (χ1n) is 4.10. The fourth-order valence-electron chi connectivity index (χ4n) is 0.982. The van der Waals surface area contributed by atoms with Crippen LogP contribution in [0.25, 0.3) is 0 Å². The largest absolute Gasteiger partial charge is 0.418 e. The number of ether oxygens (including phenoxy) is 1. The van der Waals surface area contributed by atoms with E-state index in [1.54, 1.807) is 6.07 Å². The van der Waals surface area contributed by atoms with Crippen LogP contribution in [0, 0.1) is 10.5 Å². The van der Waals surface area contributed by atoms with Crippen LogP contribution >= 0.6 is 22.6 Å². The van der Waals surface area contributed by atoms with Crippen molar-refractivity contribution in [1.82, 2.24) is 20.2 Å². The topological polar surface area (TPSA) is 83.7 Å². The predicted octanol–water partition coefficient (Wildman–Crippen LogP) is 1.20. The lowest BCUT2D eigenvalue weighted by Gasteiger charge is -2.00. The minimum atomic E-state index is -0.229. The Balaban J connectivity index is 2.32. The predicted molar refractivity (Wildman–Crippen MR) is 61.0 cm³/mol.